The van der Waals surface area contributed by atoms with E-state index in [9.17, 15) is 19.5 Å². The number of carboxylic acid groups (broad SMARTS) is 1. The van der Waals surface area contributed by atoms with Crippen molar-refractivity contribution in [1.82, 2.24) is 18.7 Å². The molecular formula is C18H17Cl2N5O4. The Morgan fingerprint density at radius 2 is 1.90 bits per heavy atom. The van der Waals surface area contributed by atoms with Crippen molar-refractivity contribution in [2.45, 2.75) is 24.9 Å². The van der Waals surface area contributed by atoms with Crippen molar-refractivity contribution in [2.24, 2.45) is 14.1 Å². The van der Waals surface area contributed by atoms with Crippen molar-refractivity contribution >= 4 is 46.3 Å². The van der Waals surface area contributed by atoms with Crippen LogP contribution < -0.4 is 16.6 Å². The van der Waals surface area contributed by atoms with Crippen LogP contribution in [-0.2, 0) is 25.4 Å². The standard InChI is InChI=1S/C18H17Cl2N5O4/c1-23-12-13(21-16(23)22-18(5-6-18)15(27)28)24(2)17(29)25(14(12)26)8-9-3-4-10(19)11(20)7-9/h3-4,7H,5-6,8H2,1-2H3,(H,21,22)(H,27,28). The zero-order valence-electron chi connectivity index (χ0n) is 15.6. The van der Waals surface area contributed by atoms with Crippen molar-refractivity contribution in [3.05, 3.63) is 54.6 Å². The average Bonchev–Trinajstić information content (AvgIpc) is 3.39. The minimum atomic E-state index is -1.08. The number of aromatic nitrogens is 4. The molecule has 0 unspecified atom stereocenters. The summed E-state index contributed by atoms with van der Waals surface area (Å²) in [7, 11) is 3.11. The highest BCUT2D eigenvalue weighted by molar-refractivity contribution is 6.42. The summed E-state index contributed by atoms with van der Waals surface area (Å²) in [6.07, 6.45) is 0.929. The van der Waals surface area contributed by atoms with Gasteiger partial charge >= 0.3 is 11.7 Å². The highest BCUT2D eigenvalue weighted by Gasteiger charge is 2.51. The van der Waals surface area contributed by atoms with Crippen molar-refractivity contribution in [2.75, 3.05) is 5.32 Å². The topological polar surface area (TPSA) is 111 Å². The van der Waals surface area contributed by atoms with Crippen LogP contribution in [0.4, 0.5) is 5.95 Å². The zero-order valence-corrected chi connectivity index (χ0v) is 17.1. The summed E-state index contributed by atoms with van der Waals surface area (Å²) in [6.45, 7) is 0.00530. The molecule has 1 saturated carbocycles. The Morgan fingerprint density at radius 3 is 2.48 bits per heavy atom. The van der Waals surface area contributed by atoms with Gasteiger partial charge in [0.2, 0.25) is 5.95 Å². The molecule has 9 nitrogen and oxygen atoms in total. The van der Waals surface area contributed by atoms with E-state index in [0.29, 0.717) is 28.5 Å². The maximum atomic E-state index is 13.1. The zero-order chi connectivity index (χ0) is 21.1. The molecule has 0 aliphatic heterocycles. The minimum Gasteiger partial charge on any atom is -0.480 e. The molecule has 1 aliphatic carbocycles. The average molecular weight is 438 g/mol. The van der Waals surface area contributed by atoms with Crippen LogP contribution in [-0.4, -0.2) is 35.3 Å². The molecule has 0 atom stereocenters. The summed E-state index contributed by atoms with van der Waals surface area (Å²) in [6, 6.07) is 4.88. The fourth-order valence-corrected chi connectivity index (χ4v) is 3.57. The molecule has 2 aromatic heterocycles. The first-order chi connectivity index (χ1) is 13.6. The van der Waals surface area contributed by atoms with Crippen LogP contribution in [0.2, 0.25) is 10.0 Å². The number of aryl methyl sites for hydroxylation is 2. The molecule has 0 radical (unpaired) electrons. The number of carbonyl (C=O) groups is 1. The van der Waals surface area contributed by atoms with Gasteiger partial charge in [-0.25, -0.2) is 9.59 Å². The van der Waals surface area contributed by atoms with Crippen molar-refractivity contribution in [3.63, 3.8) is 0 Å². The van der Waals surface area contributed by atoms with Gasteiger partial charge in [0.25, 0.3) is 5.56 Å². The molecule has 2 N–H and O–H groups in total. The number of imidazole rings is 1. The first-order valence-corrected chi connectivity index (χ1v) is 9.52. The Kier molecular flexibility index (Phi) is 4.47. The number of fused-ring (bicyclic) bond motifs is 1. The third-order valence-electron chi connectivity index (χ3n) is 5.20. The highest BCUT2D eigenvalue weighted by atomic mass is 35.5. The molecular weight excluding hydrogens is 421 g/mol. The third kappa shape index (κ3) is 3.10. The molecule has 1 aromatic carbocycles. The SMILES string of the molecule is Cn1c(NC2(C(=O)O)CC2)nc2c1c(=O)n(Cc1ccc(Cl)c(Cl)c1)c(=O)n2C. The van der Waals surface area contributed by atoms with Gasteiger partial charge in [-0.1, -0.05) is 29.3 Å². The molecule has 2 heterocycles. The molecule has 4 rings (SSSR count). The second-order valence-corrected chi connectivity index (χ2v) is 7.97. The van der Waals surface area contributed by atoms with E-state index in [-0.39, 0.29) is 23.7 Å². The molecule has 1 aliphatic rings. The smallest absolute Gasteiger partial charge is 0.332 e. The molecule has 3 aromatic rings. The van der Waals surface area contributed by atoms with Crippen LogP contribution in [0.3, 0.4) is 0 Å². The predicted molar refractivity (Wildman–Crippen MR) is 109 cm³/mol. The lowest BCUT2D eigenvalue weighted by molar-refractivity contribution is -0.138. The predicted octanol–water partition coefficient (Wildman–Crippen LogP) is 1.82. The van der Waals surface area contributed by atoms with Crippen LogP contribution in [0.15, 0.2) is 27.8 Å². The number of benzene rings is 1. The van der Waals surface area contributed by atoms with E-state index in [1.807, 2.05) is 0 Å². The van der Waals surface area contributed by atoms with Crippen LogP contribution in [0.1, 0.15) is 18.4 Å². The van der Waals surface area contributed by atoms with E-state index < -0.39 is 22.8 Å². The van der Waals surface area contributed by atoms with E-state index >= 15 is 0 Å². The van der Waals surface area contributed by atoms with Gasteiger partial charge in [0, 0.05) is 14.1 Å². The Morgan fingerprint density at radius 1 is 1.21 bits per heavy atom. The molecule has 0 bridgehead atoms. The largest absolute Gasteiger partial charge is 0.480 e. The summed E-state index contributed by atoms with van der Waals surface area (Å²) >= 11 is 12.0. The van der Waals surface area contributed by atoms with Gasteiger partial charge in [-0.3, -0.25) is 13.9 Å². The van der Waals surface area contributed by atoms with Gasteiger partial charge in [0.15, 0.2) is 11.2 Å². The Hall–Kier alpha value is -2.78. The lowest BCUT2D eigenvalue weighted by Gasteiger charge is -2.12. The van der Waals surface area contributed by atoms with E-state index in [4.69, 9.17) is 23.2 Å². The fraction of sp³-hybridized carbons (Fsp3) is 0.333. The number of rotatable bonds is 5. The second kappa shape index (κ2) is 6.64. The normalized spacial score (nSPS) is 14.9. The Labute approximate surface area is 174 Å². The van der Waals surface area contributed by atoms with Crippen molar-refractivity contribution < 1.29 is 9.90 Å². The lowest BCUT2D eigenvalue weighted by Crippen LogP contribution is -2.39. The number of aliphatic carboxylic acids is 1. The van der Waals surface area contributed by atoms with Crippen molar-refractivity contribution in [3.8, 4) is 0 Å². The summed E-state index contributed by atoms with van der Waals surface area (Å²) in [5.41, 5.74) is -1.14. The number of nitrogens with zero attached hydrogens (tertiary/aromatic N) is 4. The van der Waals surface area contributed by atoms with Crippen molar-refractivity contribution in [1.29, 1.82) is 0 Å². The maximum absolute atomic E-state index is 13.1. The van der Waals surface area contributed by atoms with Crippen LogP contribution >= 0.6 is 23.2 Å². The van der Waals surface area contributed by atoms with E-state index in [1.165, 1.54) is 16.2 Å². The monoisotopic (exact) mass is 437 g/mol. The summed E-state index contributed by atoms with van der Waals surface area (Å²) in [5.74, 6) is -0.755. The molecule has 0 saturated heterocycles. The van der Waals surface area contributed by atoms with E-state index in [1.54, 1.807) is 25.2 Å². The summed E-state index contributed by atoms with van der Waals surface area (Å²) in [5, 5.41) is 13.0. The maximum Gasteiger partial charge on any atom is 0.332 e. The number of hydrogen-bond donors (Lipinski definition) is 2. The number of halogens is 2. The summed E-state index contributed by atoms with van der Waals surface area (Å²) < 4.78 is 3.82. The molecule has 29 heavy (non-hydrogen) atoms. The van der Waals surface area contributed by atoms with Crippen LogP contribution in [0.5, 0.6) is 0 Å². The lowest BCUT2D eigenvalue weighted by atomic mass is 10.2. The number of anilines is 1. The van der Waals surface area contributed by atoms with Crippen LogP contribution in [0, 0.1) is 0 Å². The molecule has 1 fully saturated rings. The van der Waals surface area contributed by atoms with Crippen LogP contribution in [0.25, 0.3) is 11.2 Å². The molecule has 11 heteroatoms. The summed E-state index contributed by atoms with van der Waals surface area (Å²) in [4.78, 5) is 41.7. The van der Waals surface area contributed by atoms with Gasteiger partial charge in [-0.2, -0.15) is 4.98 Å². The Bertz CT molecular complexity index is 1290. The second-order valence-electron chi connectivity index (χ2n) is 7.16. The van der Waals surface area contributed by atoms with E-state index in [0.717, 1.165) is 4.57 Å². The van der Waals surface area contributed by atoms with Gasteiger partial charge < -0.3 is 15.0 Å². The third-order valence-corrected chi connectivity index (χ3v) is 5.93. The van der Waals surface area contributed by atoms with E-state index in [2.05, 4.69) is 10.3 Å². The Balaban J connectivity index is 1.84. The first kappa shape index (κ1) is 19.5. The number of nitrogens with one attached hydrogen (secondary N) is 1. The van der Waals surface area contributed by atoms with Gasteiger partial charge in [0.1, 0.15) is 5.54 Å². The fourth-order valence-electron chi connectivity index (χ4n) is 3.25. The van der Waals surface area contributed by atoms with Gasteiger partial charge in [0.05, 0.1) is 16.6 Å². The quantitative estimate of drug-likeness (QED) is 0.629. The van der Waals surface area contributed by atoms with Gasteiger partial charge in [-0.05, 0) is 30.5 Å². The minimum absolute atomic E-state index is 0.00530. The number of hydrogen-bond acceptors (Lipinski definition) is 5. The molecule has 152 valence electrons. The molecule has 0 spiro atoms. The first-order valence-electron chi connectivity index (χ1n) is 8.76. The number of carboxylic acids is 1. The van der Waals surface area contributed by atoms with Gasteiger partial charge in [-0.15, -0.1) is 0 Å². The highest BCUT2D eigenvalue weighted by Crippen LogP contribution is 2.39. The molecule has 0 amide bonds.